The van der Waals surface area contributed by atoms with E-state index >= 15 is 0 Å². The van der Waals surface area contributed by atoms with Gasteiger partial charge in [0, 0.05) is 12.2 Å². The Hall–Kier alpha value is -1.58. The molecule has 0 aliphatic heterocycles. The molecule has 0 aromatic rings. The third-order valence-electron chi connectivity index (χ3n) is 0.738. The third-order valence-corrected chi connectivity index (χ3v) is 0.738. The van der Waals surface area contributed by atoms with Gasteiger partial charge in [0.1, 0.15) is 0 Å². The van der Waals surface area contributed by atoms with Crippen molar-refractivity contribution in [3.05, 3.63) is 24.6 Å². The van der Waals surface area contributed by atoms with Crippen molar-refractivity contribution in [2.24, 2.45) is 11.5 Å². The van der Waals surface area contributed by atoms with Gasteiger partial charge in [-0.05, 0) is 12.4 Å². The molecule has 0 heterocycles. The van der Waals surface area contributed by atoms with E-state index in [0.717, 1.165) is 24.6 Å². The maximum atomic E-state index is 10.5. The molecule has 0 aromatic heterocycles. The SMILES string of the molecule is NC=CC(=O)C(=O)C=CN. The van der Waals surface area contributed by atoms with Gasteiger partial charge in [-0.1, -0.05) is 0 Å². The van der Waals surface area contributed by atoms with Crippen LogP contribution in [0.5, 0.6) is 0 Å². The summed E-state index contributed by atoms with van der Waals surface area (Å²) in [6.45, 7) is 0. The molecule has 0 fully saturated rings. The first-order valence-electron chi connectivity index (χ1n) is 2.57. The maximum absolute atomic E-state index is 10.5. The number of carbonyl (C=O) groups is 2. The van der Waals surface area contributed by atoms with E-state index in [1.54, 1.807) is 0 Å². The van der Waals surface area contributed by atoms with Gasteiger partial charge in [0.2, 0.25) is 11.6 Å². The average Bonchev–Trinajstić information content (AvgIpc) is 1.89. The van der Waals surface area contributed by atoms with E-state index in [2.05, 4.69) is 0 Å². The molecule has 0 spiro atoms. The van der Waals surface area contributed by atoms with Crippen LogP contribution in [0.15, 0.2) is 24.6 Å². The highest BCUT2D eigenvalue weighted by molar-refractivity contribution is 6.45. The Balaban J connectivity index is 4.09. The van der Waals surface area contributed by atoms with Crippen LogP contribution < -0.4 is 11.5 Å². The zero-order chi connectivity index (χ0) is 7.98. The Labute approximate surface area is 58.2 Å². The second-order valence-electron chi connectivity index (χ2n) is 1.45. The number of hydrogen-bond donors (Lipinski definition) is 2. The molecule has 0 radical (unpaired) electrons. The first-order chi connectivity index (χ1) is 4.72. The number of rotatable bonds is 3. The maximum Gasteiger partial charge on any atom is 0.227 e. The van der Waals surface area contributed by atoms with Crippen LogP contribution in [0.25, 0.3) is 0 Å². The van der Waals surface area contributed by atoms with Crippen LogP contribution in [0, 0.1) is 0 Å². The summed E-state index contributed by atoms with van der Waals surface area (Å²) >= 11 is 0. The van der Waals surface area contributed by atoms with Crippen molar-refractivity contribution in [1.29, 1.82) is 0 Å². The normalized spacial score (nSPS) is 10.8. The van der Waals surface area contributed by atoms with Crippen molar-refractivity contribution < 1.29 is 9.59 Å². The molecule has 4 nitrogen and oxygen atoms in total. The lowest BCUT2D eigenvalue weighted by Gasteiger charge is -1.82. The molecule has 10 heavy (non-hydrogen) atoms. The molecule has 0 bridgehead atoms. The van der Waals surface area contributed by atoms with Crippen molar-refractivity contribution in [2.75, 3.05) is 0 Å². The molecule has 0 aliphatic carbocycles. The summed E-state index contributed by atoms with van der Waals surface area (Å²) in [4.78, 5) is 21.0. The van der Waals surface area contributed by atoms with E-state index in [9.17, 15) is 9.59 Å². The summed E-state index contributed by atoms with van der Waals surface area (Å²) < 4.78 is 0. The van der Waals surface area contributed by atoms with Crippen molar-refractivity contribution in [3.8, 4) is 0 Å². The van der Waals surface area contributed by atoms with Crippen LogP contribution in [-0.2, 0) is 9.59 Å². The minimum atomic E-state index is -0.677. The fourth-order valence-electron chi connectivity index (χ4n) is 0.339. The zero-order valence-electron chi connectivity index (χ0n) is 5.28. The van der Waals surface area contributed by atoms with E-state index in [-0.39, 0.29) is 0 Å². The van der Waals surface area contributed by atoms with E-state index < -0.39 is 11.6 Å². The standard InChI is InChI=1S/C6H8N2O2/c7-3-1-5(9)6(10)2-4-8/h1-4H,7-8H2. The Kier molecular flexibility index (Phi) is 3.63. The summed E-state index contributed by atoms with van der Waals surface area (Å²) in [5, 5.41) is 0. The van der Waals surface area contributed by atoms with Gasteiger partial charge in [-0.3, -0.25) is 9.59 Å². The molecule has 4 heteroatoms. The summed E-state index contributed by atoms with van der Waals surface area (Å²) in [5.41, 5.74) is 9.71. The van der Waals surface area contributed by atoms with Gasteiger partial charge in [-0.2, -0.15) is 0 Å². The van der Waals surface area contributed by atoms with E-state index in [0.29, 0.717) is 0 Å². The highest BCUT2D eigenvalue weighted by Crippen LogP contribution is 1.79. The first-order valence-corrected chi connectivity index (χ1v) is 2.57. The van der Waals surface area contributed by atoms with Crippen LogP contribution >= 0.6 is 0 Å². The van der Waals surface area contributed by atoms with Gasteiger partial charge in [-0.15, -0.1) is 0 Å². The van der Waals surface area contributed by atoms with E-state index in [1.165, 1.54) is 0 Å². The summed E-state index contributed by atoms with van der Waals surface area (Å²) in [5.74, 6) is -1.35. The predicted octanol–water partition coefficient (Wildman–Crippen LogP) is -0.931. The number of ketones is 2. The quantitative estimate of drug-likeness (QED) is 0.391. The molecule has 4 N–H and O–H groups in total. The fraction of sp³-hybridized carbons (Fsp3) is 0. The lowest BCUT2D eigenvalue weighted by atomic mass is 10.2. The lowest BCUT2D eigenvalue weighted by Crippen LogP contribution is -2.08. The van der Waals surface area contributed by atoms with Gasteiger partial charge in [0.15, 0.2) is 0 Å². The summed E-state index contributed by atoms with van der Waals surface area (Å²) in [6, 6.07) is 0. The van der Waals surface area contributed by atoms with Gasteiger partial charge in [0.25, 0.3) is 0 Å². The Morgan fingerprint density at radius 3 is 1.40 bits per heavy atom. The number of hydrogen-bond acceptors (Lipinski definition) is 4. The fourth-order valence-corrected chi connectivity index (χ4v) is 0.339. The summed E-state index contributed by atoms with van der Waals surface area (Å²) in [6.07, 6.45) is 3.96. The average molecular weight is 140 g/mol. The molecule has 54 valence electrons. The molecule has 0 amide bonds. The van der Waals surface area contributed by atoms with Crippen LogP contribution in [0.3, 0.4) is 0 Å². The van der Waals surface area contributed by atoms with Crippen LogP contribution in [0.4, 0.5) is 0 Å². The molecule has 0 aliphatic rings. The smallest absolute Gasteiger partial charge is 0.227 e. The lowest BCUT2D eigenvalue weighted by molar-refractivity contribution is -0.130. The van der Waals surface area contributed by atoms with Gasteiger partial charge < -0.3 is 11.5 Å². The molecule has 0 aromatic carbocycles. The topological polar surface area (TPSA) is 86.2 Å². The highest BCUT2D eigenvalue weighted by atomic mass is 16.2. The molecular formula is C6H8N2O2. The van der Waals surface area contributed by atoms with Crippen molar-refractivity contribution in [3.63, 3.8) is 0 Å². The molecule has 0 saturated carbocycles. The van der Waals surface area contributed by atoms with Crippen LogP contribution in [0.1, 0.15) is 0 Å². The number of nitrogens with two attached hydrogens (primary N) is 2. The Morgan fingerprint density at radius 1 is 0.900 bits per heavy atom. The second kappa shape index (κ2) is 4.31. The highest BCUT2D eigenvalue weighted by Gasteiger charge is 2.03. The first kappa shape index (κ1) is 8.42. The predicted molar refractivity (Wildman–Crippen MR) is 36.7 cm³/mol. The molecule has 0 saturated heterocycles. The molecular weight excluding hydrogens is 132 g/mol. The van der Waals surface area contributed by atoms with Gasteiger partial charge in [-0.25, -0.2) is 0 Å². The van der Waals surface area contributed by atoms with Crippen LogP contribution in [-0.4, -0.2) is 11.6 Å². The van der Waals surface area contributed by atoms with Crippen LogP contribution in [0.2, 0.25) is 0 Å². The van der Waals surface area contributed by atoms with Crippen molar-refractivity contribution >= 4 is 11.6 Å². The van der Waals surface area contributed by atoms with Crippen molar-refractivity contribution in [1.82, 2.24) is 0 Å². The van der Waals surface area contributed by atoms with Crippen molar-refractivity contribution in [2.45, 2.75) is 0 Å². The van der Waals surface area contributed by atoms with E-state index in [1.807, 2.05) is 0 Å². The Morgan fingerprint density at radius 2 is 1.20 bits per heavy atom. The minimum Gasteiger partial charge on any atom is -0.404 e. The third kappa shape index (κ3) is 2.66. The zero-order valence-corrected chi connectivity index (χ0v) is 5.28. The Bertz CT molecular complexity index is 172. The second-order valence-corrected chi connectivity index (χ2v) is 1.45. The molecule has 0 unspecified atom stereocenters. The monoisotopic (exact) mass is 140 g/mol. The van der Waals surface area contributed by atoms with Gasteiger partial charge >= 0.3 is 0 Å². The largest absolute Gasteiger partial charge is 0.404 e. The number of allylic oxidation sites excluding steroid dienone is 2. The number of carbonyl (C=O) groups excluding carboxylic acids is 2. The minimum absolute atomic E-state index is 0.677. The molecule has 0 atom stereocenters. The summed E-state index contributed by atoms with van der Waals surface area (Å²) in [7, 11) is 0. The van der Waals surface area contributed by atoms with Gasteiger partial charge in [0.05, 0.1) is 0 Å². The molecule has 0 rings (SSSR count). The van der Waals surface area contributed by atoms with E-state index in [4.69, 9.17) is 11.5 Å².